The van der Waals surface area contributed by atoms with E-state index in [1.807, 2.05) is 31.2 Å². The minimum Gasteiger partial charge on any atom is -0.288 e. The van der Waals surface area contributed by atoms with Crippen LogP contribution >= 0.6 is 0 Å². The summed E-state index contributed by atoms with van der Waals surface area (Å²) in [5, 5.41) is 8.23. The van der Waals surface area contributed by atoms with E-state index in [0.717, 1.165) is 11.1 Å². The molecule has 0 heterocycles. The molecule has 1 rings (SSSR count). The molecule has 3 nitrogen and oxygen atoms in total. The molecule has 0 radical (unpaired) electrons. The predicted molar refractivity (Wildman–Crippen MR) is 50.1 cm³/mol. The summed E-state index contributed by atoms with van der Waals surface area (Å²) in [4.78, 5) is 10.6. The maximum Gasteiger partial charge on any atom is 0.267 e. The summed E-state index contributed by atoms with van der Waals surface area (Å²) in [7, 11) is 0. The quantitative estimate of drug-likeness (QED) is 0.408. The number of hydrogen-bond donors (Lipinski definition) is 2. The number of hydroxylamine groups is 1. The molecule has 1 amide bonds. The minimum atomic E-state index is -0.525. The molecule has 68 valence electrons. The van der Waals surface area contributed by atoms with Gasteiger partial charge < -0.3 is 0 Å². The Balaban J connectivity index is 2.80. The molecular formula is C10H11NO2. The summed E-state index contributed by atoms with van der Waals surface area (Å²) in [6.07, 6.45) is 2.93. The van der Waals surface area contributed by atoms with Crippen molar-refractivity contribution in [2.45, 2.75) is 6.92 Å². The molecule has 0 atom stereocenters. The molecule has 13 heavy (non-hydrogen) atoms. The molecule has 0 saturated heterocycles. The maximum atomic E-state index is 10.6. The Hall–Kier alpha value is -1.61. The van der Waals surface area contributed by atoms with Crippen molar-refractivity contribution in [1.29, 1.82) is 0 Å². The van der Waals surface area contributed by atoms with Gasteiger partial charge in [-0.3, -0.25) is 10.0 Å². The third-order valence-corrected chi connectivity index (χ3v) is 1.71. The molecule has 0 bridgehead atoms. The number of aryl methyl sites for hydroxylation is 1. The van der Waals surface area contributed by atoms with Crippen LogP contribution in [0.25, 0.3) is 6.08 Å². The molecule has 0 saturated carbocycles. The standard InChI is InChI=1S/C10H11NO2/c1-8-4-2-3-5-9(8)6-7-10(12)11-13/h2-7,13H,1H3,(H,11,12)/b7-6+. The first-order valence-electron chi connectivity index (χ1n) is 3.92. The van der Waals surface area contributed by atoms with E-state index in [0.29, 0.717) is 0 Å². The van der Waals surface area contributed by atoms with Crippen LogP contribution < -0.4 is 5.48 Å². The van der Waals surface area contributed by atoms with Gasteiger partial charge in [0, 0.05) is 6.08 Å². The Morgan fingerprint density at radius 1 is 1.46 bits per heavy atom. The highest BCUT2D eigenvalue weighted by Crippen LogP contribution is 2.08. The van der Waals surface area contributed by atoms with Crippen LogP contribution in [0.5, 0.6) is 0 Å². The van der Waals surface area contributed by atoms with Crippen molar-refractivity contribution >= 4 is 12.0 Å². The number of amides is 1. The van der Waals surface area contributed by atoms with Crippen molar-refractivity contribution in [3.63, 3.8) is 0 Å². The molecular weight excluding hydrogens is 166 g/mol. The number of carbonyl (C=O) groups excluding carboxylic acids is 1. The molecule has 0 aliphatic heterocycles. The zero-order valence-corrected chi connectivity index (χ0v) is 7.32. The van der Waals surface area contributed by atoms with Crippen LogP contribution in [0.4, 0.5) is 0 Å². The highest BCUT2D eigenvalue weighted by molar-refractivity contribution is 5.90. The Morgan fingerprint density at radius 2 is 2.15 bits per heavy atom. The molecule has 1 aromatic rings. The third-order valence-electron chi connectivity index (χ3n) is 1.71. The first-order chi connectivity index (χ1) is 6.24. The van der Waals surface area contributed by atoms with Crippen molar-refractivity contribution < 1.29 is 10.0 Å². The van der Waals surface area contributed by atoms with E-state index in [1.165, 1.54) is 11.6 Å². The first-order valence-corrected chi connectivity index (χ1v) is 3.92. The van der Waals surface area contributed by atoms with Gasteiger partial charge in [0.2, 0.25) is 0 Å². The van der Waals surface area contributed by atoms with Gasteiger partial charge in [0.15, 0.2) is 0 Å². The van der Waals surface area contributed by atoms with Gasteiger partial charge in [-0.25, -0.2) is 5.48 Å². The van der Waals surface area contributed by atoms with Crippen LogP contribution in [-0.4, -0.2) is 11.1 Å². The van der Waals surface area contributed by atoms with Gasteiger partial charge >= 0.3 is 0 Å². The molecule has 0 spiro atoms. The van der Waals surface area contributed by atoms with E-state index in [4.69, 9.17) is 5.21 Å². The number of rotatable bonds is 2. The predicted octanol–water partition coefficient (Wildman–Crippen LogP) is 1.51. The summed E-state index contributed by atoms with van der Waals surface area (Å²) >= 11 is 0. The molecule has 3 heteroatoms. The number of nitrogens with one attached hydrogen (secondary N) is 1. The van der Waals surface area contributed by atoms with Crippen molar-refractivity contribution in [1.82, 2.24) is 5.48 Å². The lowest BCUT2D eigenvalue weighted by Crippen LogP contribution is -2.14. The molecule has 1 aromatic carbocycles. The Morgan fingerprint density at radius 3 is 2.77 bits per heavy atom. The zero-order chi connectivity index (χ0) is 9.68. The lowest BCUT2D eigenvalue weighted by atomic mass is 10.1. The average Bonchev–Trinajstić information content (AvgIpc) is 2.16. The van der Waals surface area contributed by atoms with Gasteiger partial charge in [0.25, 0.3) is 5.91 Å². The summed E-state index contributed by atoms with van der Waals surface area (Å²) in [6.45, 7) is 1.95. The Labute approximate surface area is 76.7 Å². The van der Waals surface area contributed by atoms with E-state index in [2.05, 4.69) is 0 Å². The average molecular weight is 177 g/mol. The van der Waals surface area contributed by atoms with Crippen LogP contribution in [-0.2, 0) is 4.79 Å². The van der Waals surface area contributed by atoms with Crippen molar-refractivity contribution in [2.24, 2.45) is 0 Å². The van der Waals surface area contributed by atoms with E-state index >= 15 is 0 Å². The molecule has 0 fully saturated rings. The molecule has 2 N–H and O–H groups in total. The van der Waals surface area contributed by atoms with Gasteiger partial charge in [-0.15, -0.1) is 0 Å². The van der Waals surface area contributed by atoms with E-state index in [9.17, 15) is 4.79 Å². The van der Waals surface area contributed by atoms with Crippen LogP contribution in [0.15, 0.2) is 30.3 Å². The topological polar surface area (TPSA) is 49.3 Å². The number of benzene rings is 1. The smallest absolute Gasteiger partial charge is 0.267 e. The van der Waals surface area contributed by atoms with E-state index in [1.54, 1.807) is 6.08 Å². The molecule has 0 aromatic heterocycles. The summed E-state index contributed by atoms with van der Waals surface area (Å²) in [5.74, 6) is -0.525. The van der Waals surface area contributed by atoms with Crippen molar-refractivity contribution in [3.05, 3.63) is 41.5 Å². The lowest BCUT2D eigenvalue weighted by molar-refractivity contribution is -0.124. The SMILES string of the molecule is Cc1ccccc1/C=C/C(=O)NO. The molecule has 0 unspecified atom stereocenters. The lowest BCUT2D eigenvalue weighted by Gasteiger charge is -1.97. The minimum absolute atomic E-state index is 0.525. The number of carbonyl (C=O) groups is 1. The first kappa shape index (κ1) is 9.48. The zero-order valence-electron chi connectivity index (χ0n) is 7.32. The monoisotopic (exact) mass is 177 g/mol. The second-order valence-electron chi connectivity index (χ2n) is 2.67. The third kappa shape index (κ3) is 2.72. The van der Waals surface area contributed by atoms with Crippen LogP contribution in [0.1, 0.15) is 11.1 Å². The fraction of sp³-hybridized carbons (Fsp3) is 0.100. The van der Waals surface area contributed by atoms with E-state index in [-0.39, 0.29) is 0 Å². The van der Waals surface area contributed by atoms with Gasteiger partial charge in [-0.1, -0.05) is 24.3 Å². The Kier molecular flexibility index (Phi) is 3.23. The van der Waals surface area contributed by atoms with Gasteiger partial charge in [-0.05, 0) is 24.1 Å². The van der Waals surface area contributed by atoms with Gasteiger partial charge in [0.1, 0.15) is 0 Å². The highest BCUT2D eigenvalue weighted by Gasteiger charge is 1.93. The molecule has 0 aliphatic rings. The highest BCUT2D eigenvalue weighted by atomic mass is 16.5. The van der Waals surface area contributed by atoms with Gasteiger partial charge in [-0.2, -0.15) is 0 Å². The fourth-order valence-corrected chi connectivity index (χ4v) is 0.977. The summed E-state index contributed by atoms with van der Waals surface area (Å²) in [6, 6.07) is 7.68. The maximum absolute atomic E-state index is 10.6. The fourth-order valence-electron chi connectivity index (χ4n) is 0.977. The largest absolute Gasteiger partial charge is 0.288 e. The van der Waals surface area contributed by atoms with Crippen LogP contribution in [0, 0.1) is 6.92 Å². The second-order valence-corrected chi connectivity index (χ2v) is 2.67. The van der Waals surface area contributed by atoms with Crippen LogP contribution in [0.3, 0.4) is 0 Å². The van der Waals surface area contributed by atoms with E-state index < -0.39 is 5.91 Å². The molecule has 0 aliphatic carbocycles. The normalized spacial score (nSPS) is 10.3. The summed E-state index contributed by atoms with van der Waals surface area (Å²) < 4.78 is 0. The van der Waals surface area contributed by atoms with Crippen molar-refractivity contribution in [3.8, 4) is 0 Å². The number of hydrogen-bond acceptors (Lipinski definition) is 2. The van der Waals surface area contributed by atoms with Crippen molar-refractivity contribution in [2.75, 3.05) is 0 Å². The second kappa shape index (κ2) is 4.42. The summed E-state index contributed by atoms with van der Waals surface area (Å²) in [5.41, 5.74) is 3.58. The van der Waals surface area contributed by atoms with Gasteiger partial charge in [0.05, 0.1) is 0 Å². The van der Waals surface area contributed by atoms with Crippen LogP contribution in [0.2, 0.25) is 0 Å². The Bertz CT molecular complexity index is 331.